The number of aliphatic hydroxyl groups excluding tert-OH is 1. The van der Waals surface area contributed by atoms with Gasteiger partial charge < -0.3 is 14.6 Å². The number of hydrogen-bond acceptors (Lipinski definition) is 4. The molecule has 4 aliphatic carbocycles. The molecule has 0 bridgehead atoms. The summed E-state index contributed by atoms with van der Waals surface area (Å²) in [5.74, 6) is 1.90. The first-order valence-corrected chi connectivity index (χ1v) is 14.9. The van der Waals surface area contributed by atoms with Crippen molar-refractivity contribution in [3.63, 3.8) is 0 Å². The Bertz CT molecular complexity index is 1210. The van der Waals surface area contributed by atoms with Crippen LogP contribution < -0.4 is 0 Å². The molecule has 0 unspecified atom stereocenters. The van der Waals surface area contributed by atoms with E-state index in [0.29, 0.717) is 23.7 Å². The van der Waals surface area contributed by atoms with Gasteiger partial charge in [-0.05, 0) is 90.4 Å². The molecule has 5 aliphatic rings. The molecule has 1 aromatic heterocycles. The van der Waals surface area contributed by atoms with E-state index in [1.54, 1.807) is 11.1 Å². The lowest BCUT2D eigenvalue weighted by atomic mass is 9.49. The summed E-state index contributed by atoms with van der Waals surface area (Å²) in [5.41, 5.74) is 7.27. The zero-order valence-electron chi connectivity index (χ0n) is 23.3. The molecule has 202 valence electrons. The number of aliphatic hydroxyl groups is 1. The average Bonchev–Trinajstić information content (AvgIpc) is 3.24. The summed E-state index contributed by atoms with van der Waals surface area (Å²) >= 11 is 0. The zero-order valence-corrected chi connectivity index (χ0v) is 23.3. The van der Waals surface area contributed by atoms with Crippen LogP contribution in [-0.4, -0.2) is 35.2 Å². The number of ether oxygens (including phenoxy) is 2. The second-order valence-electron chi connectivity index (χ2n) is 14.1. The summed E-state index contributed by atoms with van der Waals surface area (Å²) in [5, 5.41) is 11.2. The molecule has 3 fully saturated rings. The summed E-state index contributed by atoms with van der Waals surface area (Å²) in [7, 11) is 0. The van der Waals surface area contributed by atoms with E-state index >= 15 is 0 Å². The maximum absolute atomic E-state index is 11.2. The molecule has 4 heteroatoms. The van der Waals surface area contributed by atoms with Crippen molar-refractivity contribution in [1.82, 2.24) is 4.98 Å². The van der Waals surface area contributed by atoms with E-state index in [9.17, 15) is 5.11 Å². The van der Waals surface area contributed by atoms with Crippen molar-refractivity contribution in [2.45, 2.75) is 89.9 Å². The minimum atomic E-state index is -0.408. The number of hydrogen-bond donors (Lipinski definition) is 1. The van der Waals surface area contributed by atoms with Crippen molar-refractivity contribution in [3.05, 3.63) is 65.5 Å². The third-order valence-corrected chi connectivity index (χ3v) is 11.1. The van der Waals surface area contributed by atoms with Crippen molar-refractivity contribution in [2.24, 2.45) is 28.6 Å². The summed E-state index contributed by atoms with van der Waals surface area (Å²) in [6.45, 7) is 8.43. The summed E-state index contributed by atoms with van der Waals surface area (Å²) in [4.78, 5) is 4.32. The highest BCUT2D eigenvalue weighted by molar-refractivity contribution is 5.62. The van der Waals surface area contributed by atoms with Gasteiger partial charge in [0.1, 0.15) is 0 Å². The van der Waals surface area contributed by atoms with Gasteiger partial charge in [-0.25, -0.2) is 0 Å². The Hall–Kier alpha value is -2.01. The smallest absolute Gasteiger partial charge is 0.172 e. The highest BCUT2D eigenvalue weighted by Gasteiger charge is 2.59. The van der Waals surface area contributed by atoms with Crippen LogP contribution in [0.2, 0.25) is 0 Å². The van der Waals surface area contributed by atoms with Gasteiger partial charge >= 0.3 is 0 Å². The molecule has 4 nitrogen and oxygen atoms in total. The Morgan fingerprint density at radius 1 is 0.921 bits per heavy atom. The van der Waals surface area contributed by atoms with Gasteiger partial charge in [-0.3, -0.25) is 4.98 Å². The first-order chi connectivity index (χ1) is 18.3. The van der Waals surface area contributed by atoms with E-state index < -0.39 is 5.79 Å². The van der Waals surface area contributed by atoms with Crippen LogP contribution in [0.3, 0.4) is 0 Å². The van der Waals surface area contributed by atoms with Crippen LogP contribution >= 0.6 is 0 Å². The third-order valence-electron chi connectivity index (χ3n) is 11.1. The highest BCUT2D eigenvalue weighted by Crippen LogP contribution is 2.65. The minimum Gasteiger partial charge on any atom is -0.393 e. The quantitative estimate of drug-likeness (QED) is 0.429. The van der Waals surface area contributed by atoms with Crippen LogP contribution in [0, 0.1) is 28.6 Å². The topological polar surface area (TPSA) is 51.6 Å². The van der Waals surface area contributed by atoms with Crippen molar-refractivity contribution in [2.75, 3.05) is 13.2 Å². The second-order valence-corrected chi connectivity index (χ2v) is 14.1. The number of nitrogens with zero attached hydrogens (tertiary/aromatic N) is 1. The molecule has 1 N–H and O–H groups in total. The first kappa shape index (κ1) is 25.0. The Morgan fingerprint density at radius 3 is 2.45 bits per heavy atom. The normalized spacial score (nSPS) is 37.4. The van der Waals surface area contributed by atoms with Gasteiger partial charge in [-0.15, -0.1) is 0 Å². The van der Waals surface area contributed by atoms with E-state index in [4.69, 9.17) is 9.47 Å². The Morgan fingerprint density at radius 2 is 1.71 bits per heavy atom. The summed E-state index contributed by atoms with van der Waals surface area (Å²) < 4.78 is 13.0. The lowest BCUT2D eigenvalue weighted by molar-refractivity contribution is -0.303. The van der Waals surface area contributed by atoms with Gasteiger partial charge in [0.2, 0.25) is 0 Å². The molecule has 1 saturated heterocycles. The van der Waals surface area contributed by atoms with Crippen molar-refractivity contribution >= 4 is 0 Å². The molecular weight excluding hydrogens is 470 g/mol. The standard InChI is InChI=1S/C34H43NO3/c1-32(2)20-37-34(38-21-32)15-14-26-24(17-34)10-11-27-29-12-13-30(36)33(29,3)18-28(31(26)27)23-8-6-22(7-9-23)25-5-4-16-35-19-25/h4-9,16,19,27-31,36H,10-15,17-18,20-21H2,1-3H3/t27-,28+,29-,30-,31+,33-/m0/s1. The molecule has 0 radical (unpaired) electrons. The Balaban J connectivity index is 1.24. The molecular formula is C34H43NO3. The molecule has 2 heterocycles. The molecule has 2 saturated carbocycles. The van der Waals surface area contributed by atoms with Gasteiger partial charge in [0.05, 0.1) is 19.3 Å². The second kappa shape index (κ2) is 9.01. The van der Waals surface area contributed by atoms with Crippen LogP contribution in [0.5, 0.6) is 0 Å². The number of fused-ring (bicyclic) bond motifs is 4. The lowest BCUT2D eigenvalue weighted by Crippen LogP contribution is -2.52. The van der Waals surface area contributed by atoms with E-state index in [1.165, 1.54) is 30.4 Å². The van der Waals surface area contributed by atoms with Gasteiger partial charge in [0.25, 0.3) is 0 Å². The van der Waals surface area contributed by atoms with Crippen LogP contribution in [0.25, 0.3) is 11.1 Å². The van der Waals surface area contributed by atoms with E-state index in [0.717, 1.165) is 50.9 Å². The fraction of sp³-hybridized carbons (Fsp3) is 0.618. The molecule has 1 spiro atoms. The number of rotatable bonds is 2. The maximum Gasteiger partial charge on any atom is 0.172 e. The number of aromatic nitrogens is 1. The number of allylic oxidation sites excluding steroid dienone is 1. The monoisotopic (exact) mass is 513 g/mol. The molecule has 7 rings (SSSR count). The molecule has 0 amide bonds. The van der Waals surface area contributed by atoms with Crippen LogP contribution in [0.1, 0.15) is 83.6 Å². The summed E-state index contributed by atoms with van der Waals surface area (Å²) in [6, 6.07) is 13.4. The van der Waals surface area contributed by atoms with Crippen LogP contribution in [-0.2, 0) is 9.47 Å². The van der Waals surface area contributed by atoms with E-state index in [2.05, 4.69) is 56.1 Å². The van der Waals surface area contributed by atoms with E-state index in [-0.39, 0.29) is 16.9 Å². The van der Waals surface area contributed by atoms with Crippen LogP contribution in [0.4, 0.5) is 0 Å². The Kier molecular flexibility index (Phi) is 5.92. The van der Waals surface area contributed by atoms with Crippen molar-refractivity contribution in [1.29, 1.82) is 0 Å². The minimum absolute atomic E-state index is 0.0168. The third kappa shape index (κ3) is 4.01. The fourth-order valence-corrected chi connectivity index (χ4v) is 9.05. The SMILES string of the molecule is CC1(C)COC2(CCC3=C(CC[C@@H]4[C@@H]3[C@@H](c3ccc(-c5cccnc5)cc3)C[C@]3(C)[C@@H](O)CC[C@@H]43)C2)OC1. The Labute approximate surface area is 227 Å². The van der Waals surface area contributed by atoms with Gasteiger partial charge in [-0.1, -0.05) is 62.2 Å². The first-order valence-electron chi connectivity index (χ1n) is 14.9. The predicted molar refractivity (Wildman–Crippen MR) is 149 cm³/mol. The highest BCUT2D eigenvalue weighted by atomic mass is 16.7. The number of benzene rings is 1. The maximum atomic E-state index is 11.2. The molecule has 6 atom stereocenters. The average molecular weight is 514 g/mol. The van der Waals surface area contributed by atoms with Gasteiger partial charge in [0, 0.05) is 30.7 Å². The van der Waals surface area contributed by atoms with Gasteiger partial charge in [0.15, 0.2) is 5.79 Å². The molecule has 2 aromatic rings. The largest absolute Gasteiger partial charge is 0.393 e. The lowest BCUT2D eigenvalue weighted by Gasteiger charge is -2.56. The van der Waals surface area contributed by atoms with Crippen LogP contribution in [0.15, 0.2) is 59.9 Å². The molecule has 1 aliphatic heterocycles. The molecule has 38 heavy (non-hydrogen) atoms. The van der Waals surface area contributed by atoms with E-state index in [1.807, 2.05) is 18.5 Å². The zero-order chi connectivity index (χ0) is 26.1. The summed E-state index contributed by atoms with van der Waals surface area (Å²) in [6.07, 6.45) is 12.2. The predicted octanol–water partition coefficient (Wildman–Crippen LogP) is 7.29. The molecule has 1 aromatic carbocycles. The van der Waals surface area contributed by atoms with Gasteiger partial charge in [-0.2, -0.15) is 0 Å². The number of pyridine rings is 1. The van der Waals surface area contributed by atoms with Crippen molar-refractivity contribution < 1.29 is 14.6 Å². The fourth-order valence-electron chi connectivity index (χ4n) is 9.05. The van der Waals surface area contributed by atoms with Crippen molar-refractivity contribution in [3.8, 4) is 11.1 Å².